The van der Waals surface area contributed by atoms with Gasteiger partial charge in [-0.3, -0.25) is 0 Å². The highest BCUT2D eigenvalue weighted by Gasteiger charge is 2.33. The highest BCUT2D eigenvalue weighted by Crippen LogP contribution is 2.42. The van der Waals surface area contributed by atoms with Crippen LogP contribution in [0.1, 0.15) is 43.7 Å². The van der Waals surface area contributed by atoms with Gasteiger partial charge in [0.1, 0.15) is 11.6 Å². The van der Waals surface area contributed by atoms with Crippen molar-refractivity contribution in [3.8, 4) is 0 Å². The lowest BCUT2D eigenvalue weighted by Gasteiger charge is -2.29. The Balaban J connectivity index is 2.43. The van der Waals surface area contributed by atoms with Crippen LogP contribution in [0.25, 0.3) is 0 Å². The fourth-order valence-electron chi connectivity index (χ4n) is 2.55. The van der Waals surface area contributed by atoms with E-state index < -0.39 is 4.87 Å². The summed E-state index contributed by atoms with van der Waals surface area (Å²) in [7, 11) is 0. The maximum absolute atomic E-state index is 14.2. The molecule has 0 spiro atoms. The van der Waals surface area contributed by atoms with Crippen LogP contribution < -0.4 is 0 Å². The van der Waals surface area contributed by atoms with Crippen molar-refractivity contribution in [2.45, 2.75) is 37.5 Å². The number of halogens is 3. The second-order valence-electron chi connectivity index (χ2n) is 5.25. The Hall–Kier alpha value is -1.41. The summed E-state index contributed by atoms with van der Waals surface area (Å²) in [6.07, 6.45) is 3.61. The lowest BCUT2D eigenvalue weighted by Crippen LogP contribution is -2.22. The van der Waals surface area contributed by atoms with Gasteiger partial charge in [-0.05, 0) is 30.2 Å². The molecule has 0 amide bonds. The van der Waals surface area contributed by atoms with Gasteiger partial charge >= 0.3 is 0 Å². The van der Waals surface area contributed by atoms with Gasteiger partial charge in [0, 0.05) is 5.56 Å². The van der Waals surface area contributed by atoms with E-state index in [0.717, 1.165) is 24.8 Å². The van der Waals surface area contributed by atoms with E-state index in [4.69, 9.17) is 11.6 Å². The molecule has 0 aliphatic heterocycles. The molecule has 0 bridgehead atoms. The monoisotopic (exact) mass is 308 g/mol. The SMILES string of the molecule is CCCCCC(Cl)(c1ccc(F)cc1)c1ccccc1F. The molecule has 2 aromatic carbocycles. The van der Waals surface area contributed by atoms with Gasteiger partial charge in [-0.15, -0.1) is 11.6 Å². The zero-order chi connectivity index (χ0) is 15.3. The van der Waals surface area contributed by atoms with E-state index in [1.807, 2.05) is 0 Å². The Morgan fingerprint density at radius 2 is 1.62 bits per heavy atom. The van der Waals surface area contributed by atoms with E-state index in [9.17, 15) is 8.78 Å². The third-order valence-electron chi connectivity index (χ3n) is 3.73. The molecular weight excluding hydrogens is 290 g/mol. The largest absolute Gasteiger partial charge is 0.207 e. The molecule has 1 atom stereocenters. The molecule has 0 heterocycles. The van der Waals surface area contributed by atoms with E-state index in [0.29, 0.717) is 12.0 Å². The van der Waals surface area contributed by atoms with Crippen LogP contribution in [0, 0.1) is 11.6 Å². The quantitative estimate of drug-likeness (QED) is 0.451. The van der Waals surface area contributed by atoms with Crippen molar-refractivity contribution in [3.05, 3.63) is 71.3 Å². The summed E-state index contributed by atoms with van der Waals surface area (Å²) in [4.78, 5) is -0.950. The summed E-state index contributed by atoms with van der Waals surface area (Å²) in [6.45, 7) is 2.11. The Labute approximate surface area is 129 Å². The van der Waals surface area contributed by atoms with Gasteiger partial charge in [0.05, 0.1) is 4.87 Å². The maximum Gasteiger partial charge on any atom is 0.128 e. The lowest BCUT2D eigenvalue weighted by atomic mass is 9.85. The molecule has 0 nitrogen and oxygen atoms in total. The maximum atomic E-state index is 14.2. The molecule has 1 unspecified atom stereocenters. The van der Waals surface area contributed by atoms with E-state index in [2.05, 4.69) is 6.92 Å². The number of rotatable bonds is 6. The second kappa shape index (κ2) is 7.04. The first-order valence-electron chi connectivity index (χ1n) is 7.28. The van der Waals surface area contributed by atoms with E-state index >= 15 is 0 Å². The van der Waals surface area contributed by atoms with Crippen molar-refractivity contribution in [1.29, 1.82) is 0 Å². The average molecular weight is 309 g/mol. The van der Waals surface area contributed by atoms with E-state index in [-0.39, 0.29) is 11.6 Å². The molecule has 3 heteroatoms. The summed E-state index contributed by atoms with van der Waals surface area (Å²) < 4.78 is 27.3. The highest BCUT2D eigenvalue weighted by molar-refractivity contribution is 6.26. The number of unbranched alkanes of at least 4 members (excludes halogenated alkanes) is 2. The summed E-state index contributed by atoms with van der Waals surface area (Å²) in [6, 6.07) is 12.6. The van der Waals surface area contributed by atoms with Gasteiger partial charge in [0.25, 0.3) is 0 Å². The van der Waals surface area contributed by atoms with Crippen LogP contribution in [0.15, 0.2) is 48.5 Å². The summed E-state index contributed by atoms with van der Waals surface area (Å²) in [5.74, 6) is -0.645. The molecule has 0 N–H and O–H groups in total. The van der Waals surface area contributed by atoms with E-state index in [1.165, 1.54) is 18.2 Å². The normalized spacial score (nSPS) is 13.9. The Morgan fingerprint density at radius 1 is 0.952 bits per heavy atom. The van der Waals surface area contributed by atoms with E-state index in [1.54, 1.807) is 30.3 Å². The molecule has 0 aliphatic carbocycles. The van der Waals surface area contributed by atoms with Crippen LogP contribution in [-0.2, 0) is 4.87 Å². The summed E-state index contributed by atoms with van der Waals surface area (Å²) >= 11 is 6.82. The smallest absolute Gasteiger partial charge is 0.128 e. The molecule has 21 heavy (non-hydrogen) atoms. The van der Waals surface area contributed by atoms with Crippen LogP contribution in [0.2, 0.25) is 0 Å². The molecule has 0 aliphatic rings. The molecule has 0 saturated heterocycles. The topological polar surface area (TPSA) is 0 Å². The first-order valence-corrected chi connectivity index (χ1v) is 7.65. The molecule has 2 rings (SSSR count). The van der Waals surface area contributed by atoms with Crippen molar-refractivity contribution in [1.82, 2.24) is 0 Å². The number of alkyl halides is 1. The fourth-order valence-corrected chi connectivity index (χ4v) is 2.96. The molecule has 0 radical (unpaired) electrons. The predicted octanol–water partition coefficient (Wildman–Crippen LogP) is 6.03. The number of benzene rings is 2. The predicted molar refractivity (Wildman–Crippen MR) is 83.6 cm³/mol. The van der Waals surface area contributed by atoms with Crippen LogP contribution in [0.5, 0.6) is 0 Å². The van der Waals surface area contributed by atoms with Crippen LogP contribution in [0.3, 0.4) is 0 Å². The highest BCUT2D eigenvalue weighted by atomic mass is 35.5. The van der Waals surface area contributed by atoms with Crippen molar-refractivity contribution in [2.75, 3.05) is 0 Å². The Kier molecular flexibility index (Phi) is 5.35. The van der Waals surface area contributed by atoms with Crippen LogP contribution in [-0.4, -0.2) is 0 Å². The van der Waals surface area contributed by atoms with Crippen molar-refractivity contribution in [2.24, 2.45) is 0 Å². The molecule has 0 fully saturated rings. The first kappa shape index (κ1) is 16.0. The number of hydrogen-bond donors (Lipinski definition) is 0. The third-order valence-corrected chi connectivity index (χ3v) is 4.34. The first-order chi connectivity index (χ1) is 10.1. The van der Waals surface area contributed by atoms with Gasteiger partial charge in [-0.1, -0.05) is 56.5 Å². The van der Waals surface area contributed by atoms with Crippen molar-refractivity contribution < 1.29 is 8.78 Å². The Morgan fingerprint density at radius 3 is 2.24 bits per heavy atom. The summed E-state index contributed by atoms with van der Waals surface area (Å²) in [5, 5.41) is 0. The Bertz CT molecular complexity index is 580. The minimum absolute atomic E-state index is 0.320. The third kappa shape index (κ3) is 3.62. The van der Waals surface area contributed by atoms with Gasteiger partial charge < -0.3 is 0 Å². The van der Waals surface area contributed by atoms with Crippen LogP contribution in [0.4, 0.5) is 8.78 Å². The van der Waals surface area contributed by atoms with Crippen molar-refractivity contribution in [3.63, 3.8) is 0 Å². The molecular formula is C18H19ClF2. The standard InChI is InChI=1S/C18H19ClF2/c1-2-3-6-13-18(19,14-9-11-15(20)12-10-14)16-7-4-5-8-17(16)21/h4-5,7-12H,2-3,6,13H2,1H3. The molecule has 0 saturated carbocycles. The van der Waals surface area contributed by atoms with Gasteiger partial charge in [-0.2, -0.15) is 0 Å². The second-order valence-corrected chi connectivity index (χ2v) is 5.89. The minimum Gasteiger partial charge on any atom is -0.207 e. The zero-order valence-corrected chi connectivity index (χ0v) is 12.8. The molecule has 0 aromatic heterocycles. The van der Waals surface area contributed by atoms with Crippen LogP contribution >= 0.6 is 11.6 Å². The van der Waals surface area contributed by atoms with Gasteiger partial charge in [0.2, 0.25) is 0 Å². The van der Waals surface area contributed by atoms with Crippen molar-refractivity contribution >= 4 is 11.6 Å². The zero-order valence-electron chi connectivity index (χ0n) is 12.1. The number of hydrogen-bond acceptors (Lipinski definition) is 0. The lowest BCUT2D eigenvalue weighted by molar-refractivity contribution is 0.533. The summed E-state index contributed by atoms with van der Waals surface area (Å²) in [5.41, 5.74) is 1.18. The minimum atomic E-state index is -0.950. The average Bonchev–Trinajstić information content (AvgIpc) is 2.48. The molecule has 112 valence electrons. The fraction of sp³-hybridized carbons (Fsp3) is 0.333. The van der Waals surface area contributed by atoms with Gasteiger partial charge in [-0.25, -0.2) is 8.78 Å². The van der Waals surface area contributed by atoms with Gasteiger partial charge in [0.15, 0.2) is 0 Å². The molecule has 2 aromatic rings.